The van der Waals surface area contributed by atoms with Gasteiger partial charge in [-0.1, -0.05) is 80.8 Å². The van der Waals surface area contributed by atoms with Crippen molar-refractivity contribution in [3.8, 4) is 0 Å². The fourth-order valence-electron chi connectivity index (χ4n) is 5.04. The maximum Gasteiger partial charge on any atom is 0.408 e. The van der Waals surface area contributed by atoms with Crippen LogP contribution in [0.3, 0.4) is 0 Å². The van der Waals surface area contributed by atoms with E-state index in [0.717, 1.165) is 47.6 Å². The topological polar surface area (TPSA) is 87.7 Å². The van der Waals surface area contributed by atoms with Crippen molar-refractivity contribution < 1.29 is 19.1 Å². The van der Waals surface area contributed by atoms with Crippen molar-refractivity contribution in [3.63, 3.8) is 0 Å². The van der Waals surface area contributed by atoms with Gasteiger partial charge >= 0.3 is 6.09 Å². The molecule has 0 aliphatic heterocycles. The third kappa shape index (κ3) is 10.3. The van der Waals surface area contributed by atoms with Gasteiger partial charge < -0.3 is 20.3 Å². The Hall–Kier alpha value is -3.52. The van der Waals surface area contributed by atoms with Gasteiger partial charge in [0.25, 0.3) is 5.91 Å². The molecule has 43 heavy (non-hydrogen) atoms. The first-order chi connectivity index (χ1) is 20.5. The number of carbonyl (C=O) groups is 3. The molecule has 0 fully saturated rings. The van der Waals surface area contributed by atoms with Crippen LogP contribution in [0.4, 0.5) is 10.5 Å². The second kappa shape index (κ2) is 16.4. The molecule has 2 N–H and O–H groups in total. The molecule has 3 amide bonds. The number of rotatable bonds is 14. The fraction of sp³-hybridized carbons (Fsp3) is 0.457. The minimum atomic E-state index is -0.890. The second-order valence-electron chi connectivity index (χ2n) is 11.9. The standard InChI is InChI=1S/C35H47N3O4S/c1-7-8-9-14-22-38(33(40)30(21-23-43-6)37-34(41)42-35(3,4)5)31(29-18-13-10-15-25(29)2)32(39)36-28-20-19-26-16-11-12-17-27(26)24-28/h10-13,15-20,24,30-31H,7-9,14,21-23H2,1-6H3,(H,36,39)(H,37,41). The van der Waals surface area contributed by atoms with Crippen molar-refractivity contribution in [2.24, 2.45) is 0 Å². The third-order valence-electron chi connectivity index (χ3n) is 7.20. The van der Waals surface area contributed by atoms with Crippen LogP contribution in [0.1, 0.15) is 77.0 Å². The lowest BCUT2D eigenvalue weighted by Gasteiger charge is -2.35. The molecule has 0 spiro atoms. The molecule has 0 bridgehead atoms. The number of unbranched alkanes of at least 4 members (excludes halogenated alkanes) is 3. The Kier molecular flexibility index (Phi) is 12.9. The van der Waals surface area contributed by atoms with Gasteiger partial charge in [0.05, 0.1) is 0 Å². The molecule has 0 radical (unpaired) electrons. The molecule has 0 saturated heterocycles. The molecule has 7 nitrogen and oxygen atoms in total. The molecule has 232 valence electrons. The number of carbonyl (C=O) groups excluding carboxylic acids is 3. The molecule has 0 heterocycles. The summed E-state index contributed by atoms with van der Waals surface area (Å²) < 4.78 is 5.51. The molecular weight excluding hydrogens is 558 g/mol. The van der Waals surface area contributed by atoms with Crippen LogP contribution in [-0.4, -0.2) is 53.0 Å². The van der Waals surface area contributed by atoms with Gasteiger partial charge in [-0.05, 0) is 86.6 Å². The molecular formula is C35H47N3O4S. The van der Waals surface area contributed by atoms with Crippen LogP contribution in [0.15, 0.2) is 66.7 Å². The quantitative estimate of drug-likeness (QED) is 0.183. The monoisotopic (exact) mass is 605 g/mol. The molecule has 0 aliphatic rings. The van der Waals surface area contributed by atoms with Crippen LogP contribution in [0.25, 0.3) is 10.8 Å². The van der Waals surface area contributed by atoms with Crippen molar-refractivity contribution in [1.29, 1.82) is 0 Å². The summed E-state index contributed by atoms with van der Waals surface area (Å²) in [7, 11) is 0. The van der Waals surface area contributed by atoms with Crippen molar-refractivity contribution in [1.82, 2.24) is 10.2 Å². The highest BCUT2D eigenvalue weighted by Crippen LogP contribution is 2.29. The zero-order valence-electron chi connectivity index (χ0n) is 26.4. The SMILES string of the molecule is CCCCCCN(C(=O)C(CCSC)NC(=O)OC(C)(C)C)C(C(=O)Nc1ccc2ccccc2c1)c1ccccc1C. The van der Waals surface area contributed by atoms with E-state index in [1.807, 2.05) is 79.9 Å². The summed E-state index contributed by atoms with van der Waals surface area (Å²) in [6.07, 6.45) is 5.49. The maximum atomic E-state index is 14.4. The normalized spacial score (nSPS) is 12.8. The smallest absolute Gasteiger partial charge is 0.408 e. The Morgan fingerprint density at radius 1 is 0.930 bits per heavy atom. The average molecular weight is 606 g/mol. The molecule has 8 heteroatoms. The lowest BCUT2D eigenvalue weighted by molar-refractivity contribution is -0.141. The van der Waals surface area contributed by atoms with Gasteiger partial charge in [-0.2, -0.15) is 11.8 Å². The molecule has 0 aromatic heterocycles. The van der Waals surface area contributed by atoms with Gasteiger partial charge in [0.2, 0.25) is 5.91 Å². The number of alkyl carbamates (subject to hydrolysis) is 1. The van der Waals surface area contributed by atoms with Gasteiger partial charge in [0.1, 0.15) is 17.7 Å². The highest BCUT2D eigenvalue weighted by molar-refractivity contribution is 7.98. The van der Waals surface area contributed by atoms with Crippen LogP contribution in [-0.2, 0) is 14.3 Å². The molecule has 0 aliphatic carbocycles. The number of ether oxygens (including phenoxy) is 1. The fourth-order valence-corrected chi connectivity index (χ4v) is 5.51. The van der Waals surface area contributed by atoms with Crippen LogP contribution >= 0.6 is 11.8 Å². The first kappa shape index (κ1) is 34.0. The molecule has 2 atom stereocenters. The largest absolute Gasteiger partial charge is 0.444 e. The number of nitrogens with zero attached hydrogens (tertiary/aromatic N) is 1. The van der Waals surface area contributed by atoms with E-state index in [4.69, 9.17) is 4.74 Å². The van der Waals surface area contributed by atoms with E-state index in [-0.39, 0.29) is 11.8 Å². The van der Waals surface area contributed by atoms with E-state index in [2.05, 4.69) is 17.6 Å². The number of fused-ring (bicyclic) bond motifs is 1. The van der Waals surface area contributed by atoms with Crippen LogP contribution in [0.2, 0.25) is 0 Å². The first-order valence-electron chi connectivity index (χ1n) is 15.2. The van der Waals surface area contributed by atoms with Crippen LogP contribution in [0, 0.1) is 6.92 Å². The molecule has 3 rings (SSSR count). The average Bonchev–Trinajstić information content (AvgIpc) is 2.96. The highest BCUT2D eigenvalue weighted by atomic mass is 32.2. The number of anilines is 1. The van der Waals surface area contributed by atoms with E-state index in [0.29, 0.717) is 24.4 Å². The van der Waals surface area contributed by atoms with E-state index >= 15 is 0 Å². The first-order valence-corrected chi connectivity index (χ1v) is 16.6. The number of nitrogens with one attached hydrogen (secondary N) is 2. The summed E-state index contributed by atoms with van der Waals surface area (Å²) in [5.41, 5.74) is 1.62. The van der Waals surface area contributed by atoms with Gasteiger partial charge in [-0.15, -0.1) is 0 Å². The number of hydrogen-bond acceptors (Lipinski definition) is 5. The summed E-state index contributed by atoms with van der Waals surface area (Å²) in [5, 5.41) is 8.01. The number of thioether (sulfide) groups is 1. The summed E-state index contributed by atoms with van der Waals surface area (Å²) >= 11 is 1.60. The number of amides is 3. The van der Waals surface area contributed by atoms with Crippen LogP contribution in [0.5, 0.6) is 0 Å². The molecule has 0 saturated carbocycles. The number of hydrogen-bond donors (Lipinski definition) is 2. The Morgan fingerprint density at radius 2 is 1.63 bits per heavy atom. The van der Waals surface area contributed by atoms with E-state index < -0.39 is 23.8 Å². The van der Waals surface area contributed by atoms with Gasteiger partial charge in [-0.3, -0.25) is 9.59 Å². The maximum absolute atomic E-state index is 14.4. The van der Waals surface area contributed by atoms with Crippen molar-refractivity contribution in [2.45, 2.75) is 84.4 Å². The summed E-state index contributed by atoms with van der Waals surface area (Å²) in [6, 6.07) is 19.7. The van der Waals surface area contributed by atoms with Gasteiger partial charge in [-0.25, -0.2) is 4.79 Å². The number of aryl methyl sites for hydroxylation is 1. The van der Waals surface area contributed by atoms with Crippen molar-refractivity contribution in [2.75, 3.05) is 23.9 Å². The summed E-state index contributed by atoms with van der Waals surface area (Å²) in [4.78, 5) is 43.2. The Labute approximate surface area is 261 Å². The summed E-state index contributed by atoms with van der Waals surface area (Å²) in [6.45, 7) is 9.84. The Morgan fingerprint density at radius 3 is 2.30 bits per heavy atom. The zero-order valence-corrected chi connectivity index (χ0v) is 27.3. The van der Waals surface area contributed by atoms with E-state index in [1.54, 1.807) is 37.4 Å². The highest BCUT2D eigenvalue weighted by Gasteiger charge is 2.36. The minimum absolute atomic E-state index is 0.293. The number of benzene rings is 3. The van der Waals surface area contributed by atoms with Crippen LogP contribution < -0.4 is 10.6 Å². The van der Waals surface area contributed by atoms with Gasteiger partial charge in [0, 0.05) is 12.2 Å². The molecule has 3 aromatic rings. The molecule has 3 aromatic carbocycles. The Bertz CT molecular complexity index is 1370. The Balaban J connectivity index is 2.03. The lowest BCUT2D eigenvalue weighted by Crippen LogP contribution is -2.53. The minimum Gasteiger partial charge on any atom is -0.444 e. The van der Waals surface area contributed by atoms with Crippen molar-refractivity contribution >= 4 is 46.1 Å². The summed E-state index contributed by atoms with van der Waals surface area (Å²) in [5.74, 6) is 0.0708. The van der Waals surface area contributed by atoms with Crippen molar-refractivity contribution in [3.05, 3.63) is 77.9 Å². The van der Waals surface area contributed by atoms with E-state index in [9.17, 15) is 14.4 Å². The van der Waals surface area contributed by atoms with Gasteiger partial charge in [0.15, 0.2) is 0 Å². The lowest BCUT2D eigenvalue weighted by atomic mass is 9.97. The second-order valence-corrected chi connectivity index (χ2v) is 12.9. The predicted octanol–water partition coefficient (Wildman–Crippen LogP) is 7.88. The zero-order chi connectivity index (χ0) is 31.4. The van der Waals surface area contributed by atoms with E-state index in [1.165, 1.54) is 0 Å². The molecule has 2 unspecified atom stereocenters. The third-order valence-corrected chi connectivity index (χ3v) is 7.84. The predicted molar refractivity (Wildman–Crippen MR) is 179 cm³/mol.